The minimum Gasteiger partial charge on any atom is -0.0776 e. The maximum absolute atomic E-state index is 0. The van der Waals surface area contributed by atoms with Crippen molar-refractivity contribution in [2.45, 2.75) is 7.43 Å². The fraction of sp³-hybridized carbons (Fsp3) is 1.00. The van der Waals surface area contributed by atoms with Crippen molar-refractivity contribution in [2.75, 3.05) is 0 Å². The second-order valence-corrected chi connectivity index (χ2v) is 0. The fourth-order valence-corrected chi connectivity index (χ4v) is 0. The third-order valence-corrected chi connectivity index (χ3v) is 0. The second-order valence-electron chi connectivity index (χ2n) is 0. The molecule has 5 heavy (non-hydrogen) atoms. The van der Waals surface area contributed by atoms with E-state index in [2.05, 4.69) is 0 Å². The van der Waals surface area contributed by atoms with E-state index in [9.17, 15) is 0 Å². The molecule has 0 aromatic heterocycles. The van der Waals surface area contributed by atoms with E-state index in [1.807, 2.05) is 0 Å². The van der Waals surface area contributed by atoms with Crippen molar-refractivity contribution in [2.24, 2.45) is 0 Å². The Balaban J connectivity index is 0. The Bertz CT molecular complexity index is 11.6. The second kappa shape index (κ2) is 34.0. The SMILES string of the molecule is C.[Mg].[Mo].[Si].[V]. The first-order valence-electron chi connectivity index (χ1n) is 0. The fourth-order valence-electron chi connectivity index (χ4n) is 0. The molecule has 0 rings (SSSR count). The predicted molar refractivity (Wildman–Crippen MR) is 18.2 cm³/mol. The van der Waals surface area contributed by atoms with Crippen LogP contribution in [-0.4, -0.2) is 34.0 Å². The predicted octanol–water partition coefficient (Wildman–Crippen LogP) is -0.131. The van der Waals surface area contributed by atoms with E-state index in [-0.39, 0.29) is 81.1 Å². The Kier molecular flexibility index (Phi) is 379. The van der Waals surface area contributed by atoms with Crippen molar-refractivity contribution in [3.8, 4) is 0 Å². The van der Waals surface area contributed by atoms with Crippen LogP contribution in [0, 0.1) is 0 Å². The van der Waals surface area contributed by atoms with Gasteiger partial charge in [-0.2, -0.15) is 0 Å². The Morgan fingerprint density at radius 2 is 1.00 bits per heavy atom. The molecule has 0 spiro atoms. The minimum absolute atomic E-state index is 0. The van der Waals surface area contributed by atoms with Crippen LogP contribution in [0.3, 0.4) is 0 Å². The summed E-state index contributed by atoms with van der Waals surface area (Å²) in [5.74, 6) is 0. The van der Waals surface area contributed by atoms with Gasteiger partial charge in [0.25, 0.3) is 0 Å². The zero-order valence-electron chi connectivity index (χ0n) is 2.06. The molecule has 0 fully saturated rings. The average molecular weight is 215 g/mol. The topological polar surface area (TPSA) is 0 Å². The van der Waals surface area contributed by atoms with Gasteiger partial charge in [-0.3, -0.25) is 0 Å². The summed E-state index contributed by atoms with van der Waals surface area (Å²) in [6, 6.07) is 0. The van der Waals surface area contributed by atoms with Gasteiger partial charge in [-0.05, 0) is 0 Å². The zero-order valence-corrected chi connectivity index (χ0v) is 7.88. The van der Waals surface area contributed by atoms with Gasteiger partial charge in [0.1, 0.15) is 0 Å². The van der Waals surface area contributed by atoms with Crippen LogP contribution >= 0.6 is 0 Å². The van der Waals surface area contributed by atoms with Gasteiger partial charge in [-0.1, -0.05) is 7.43 Å². The van der Waals surface area contributed by atoms with E-state index < -0.39 is 0 Å². The largest absolute Gasteiger partial charge is 0.0776 e. The summed E-state index contributed by atoms with van der Waals surface area (Å²) in [6.07, 6.45) is 0. The molecule has 0 saturated heterocycles. The van der Waals surface area contributed by atoms with E-state index in [0.717, 1.165) is 0 Å². The summed E-state index contributed by atoms with van der Waals surface area (Å²) in [5.41, 5.74) is 0. The van der Waals surface area contributed by atoms with Crippen molar-refractivity contribution in [3.05, 3.63) is 0 Å². The van der Waals surface area contributed by atoms with Gasteiger partial charge in [0.15, 0.2) is 0 Å². The number of hydrogen-bond acceptors (Lipinski definition) is 0. The maximum Gasteiger partial charge on any atom is 0 e. The first-order chi connectivity index (χ1) is 0. The summed E-state index contributed by atoms with van der Waals surface area (Å²) in [4.78, 5) is 0. The minimum atomic E-state index is 0. The van der Waals surface area contributed by atoms with Crippen LogP contribution in [0.1, 0.15) is 7.43 Å². The van der Waals surface area contributed by atoms with Gasteiger partial charge in [0.05, 0.1) is 0 Å². The standard InChI is InChI=1S/CH4.Mg.Mo.Si.V/h1H4;;;;. The van der Waals surface area contributed by atoms with E-state index in [1.165, 1.54) is 0 Å². The molecular weight excluding hydrogens is 211 g/mol. The maximum atomic E-state index is 0. The molecule has 0 aliphatic rings. The first kappa shape index (κ1) is 55.8. The molecule has 0 bridgehead atoms. The monoisotopic (exact) mass is 217 g/mol. The Labute approximate surface area is 80.2 Å². The molecule has 0 heterocycles. The molecule has 7 radical (unpaired) electrons. The summed E-state index contributed by atoms with van der Waals surface area (Å²) in [6.45, 7) is 0. The summed E-state index contributed by atoms with van der Waals surface area (Å²) in [7, 11) is 0. The molecule has 4 heteroatoms. The van der Waals surface area contributed by atoms with Crippen LogP contribution in [0.5, 0.6) is 0 Å². The van der Waals surface area contributed by atoms with Gasteiger partial charge in [-0.25, -0.2) is 0 Å². The summed E-state index contributed by atoms with van der Waals surface area (Å²) < 4.78 is 0. The molecule has 0 aromatic rings. The van der Waals surface area contributed by atoms with Gasteiger partial charge in [0, 0.05) is 73.6 Å². The zero-order chi connectivity index (χ0) is 0. The molecule has 0 N–H and O–H groups in total. The quantitative estimate of drug-likeness (QED) is 0.494. The van der Waals surface area contributed by atoms with Crippen molar-refractivity contribution in [3.63, 3.8) is 0 Å². The molecule has 0 saturated carbocycles. The Morgan fingerprint density at radius 3 is 1.00 bits per heavy atom. The van der Waals surface area contributed by atoms with Crippen molar-refractivity contribution < 1.29 is 39.6 Å². The Morgan fingerprint density at radius 1 is 1.00 bits per heavy atom. The van der Waals surface area contributed by atoms with Crippen LogP contribution in [0.2, 0.25) is 0 Å². The number of rotatable bonds is 0. The van der Waals surface area contributed by atoms with E-state index in [0.29, 0.717) is 0 Å². The van der Waals surface area contributed by atoms with Crippen LogP contribution in [-0.2, 0) is 39.6 Å². The van der Waals surface area contributed by atoms with Crippen molar-refractivity contribution >= 4 is 34.0 Å². The van der Waals surface area contributed by atoms with Gasteiger partial charge in [-0.15, -0.1) is 0 Å². The van der Waals surface area contributed by atoms with Gasteiger partial charge < -0.3 is 0 Å². The average Bonchev–Trinajstić information content (AvgIpc) is 0. The smallest absolute Gasteiger partial charge is 0 e. The molecule has 0 aromatic carbocycles. The molecule has 25 valence electrons. The van der Waals surface area contributed by atoms with Crippen molar-refractivity contribution in [1.82, 2.24) is 0 Å². The molecule has 0 nitrogen and oxygen atoms in total. The summed E-state index contributed by atoms with van der Waals surface area (Å²) >= 11 is 0. The van der Waals surface area contributed by atoms with Crippen LogP contribution in [0.15, 0.2) is 0 Å². The van der Waals surface area contributed by atoms with E-state index in [4.69, 9.17) is 0 Å². The van der Waals surface area contributed by atoms with Crippen LogP contribution in [0.4, 0.5) is 0 Å². The van der Waals surface area contributed by atoms with E-state index in [1.54, 1.807) is 0 Å². The Hall–Kier alpha value is 2.26. The van der Waals surface area contributed by atoms with E-state index >= 15 is 0 Å². The normalized spacial score (nSPS) is 0. The number of hydrogen-bond donors (Lipinski definition) is 0. The molecule has 0 amide bonds. The van der Waals surface area contributed by atoms with Crippen LogP contribution in [0.25, 0.3) is 0 Å². The molecular formula is CH4MgMoSiV. The first-order valence-corrected chi connectivity index (χ1v) is 0. The van der Waals surface area contributed by atoms with Gasteiger partial charge >= 0.3 is 0 Å². The third kappa shape index (κ3) is 22.3. The molecule has 0 unspecified atom stereocenters. The van der Waals surface area contributed by atoms with Crippen LogP contribution < -0.4 is 0 Å². The molecule has 0 aliphatic heterocycles. The van der Waals surface area contributed by atoms with Gasteiger partial charge in [0.2, 0.25) is 0 Å². The summed E-state index contributed by atoms with van der Waals surface area (Å²) in [5, 5.41) is 0. The molecule has 0 aliphatic carbocycles. The van der Waals surface area contributed by atoms with Crippen molar-refractivity contribution in [1.29, 1.82) is 0 Å². The molecule has 0 atom stereocenters. The third-order valence-electron chi connectivity index (χ3n) is 0.